The highest BCUT2D eigenvalue weighted by Gasteiger charge is 2.21. The van der Waals surface area contributed by atoms with Crippen molar-refractivity contribution in [3.63, 3.8) is 0 Å². The van der Waals surface area contributed by atoms with Crippen molar-refractivity contribution in [3.8, 4) is 0 Å². The molecule has 1 aliphatic heterocycles. The van der Waals surface area contributed by atoms with Gasteiger partial charge >= 0.3 is 0 Å². The van der Waals surface area contributed by atoms with Crippen LogP contribution in [0.3, 0.4) is 0 Å². The van der Waals surface area contributed by atoms with E-state index in [1.165, 1.54) is 0 Å². The van der Waals surface area contributed by atoms with Crippen LogP contribution >= 0.6 is 11.3 Å². The number of anilines is 1. The zero-order chi connectivity index (χ0) is 11.4. The van der Waals surface area contributed by atoms with Crippen molar-refractivity contribution in [1.29, 1.82) is 0 Å². The van der Waals surface area contributed by atoms with Gasteiger partial charge in [0.05, 0.1) is 6.10 Å². The molecule has 2 heterocycles. The van der Waals surface area contributed by atoms with Crippen LogP contribution in [-0.2, 0) is 11.3 Å². The maximum atomic E-state index is 5.63. The lowest BCUT2D eigenvalue weighted by Crippen LogP contribution is -2.36. The van der Waals surface area contributed by atoms with Gasteiger partial charge in [-0.05, 0) is 19.8 Å². The molecule has 0 atom stereocenters. The van der Waals surface area contributed by atoms with E-state index in [-0.39, 0.29) is 0 Å². The molecule has 0 radical (unpaired) electrons. The van der Waals surface area contributed by atoms with Crippen LogP contribution < -0.4 is 10.6 Å². The third-order valence-electron chi connectivity index (χ3n) is 2.86. The average molecular weight is 241 g/mol. The van der Waals surface area contributed by atoms with Crippen molar-refractivity contribution in [1.82, 2.24) is 4.98 Å². The van der Waals surface area contributed by atoms with E-state index in [0.29, 0.717) is 12.6 Å². The number of thiazole rings is 1. The van der Waals surface area contributed by atoms with Crippen LogP contribution in [0.1, 0.15) is 24.6 Å². The minimum atomic E-state index is 0.440. The van der Waals surface area contributed by atoms with Gasteiger partial charge in [0.2, 0.25) is 0 Å². The van der Waals surface area contributed by atoms with Crippen molar-refractivity contribution >= 4 is 16.5 Å². The number of hydrogen-bond acceptors (Lipinski definition) is 5. The number of nitrogens with two attached hydrogens (primary N) is 1. The molecule has 0 amide bonds. The molecule has 0 aromatic carbocycles. The molecule has 0 saturated carbocycles. The SMILES string of the molecule is CCOC1CCN(c2ncc(CN)s2)CC1. The third-order valence-corrected chi connectivity index (χ3v) is 3.94. The molecule has 5 heteroatoms. The smallest absolute Gasteiger partial charge is 0.185 e. The molecular weight excluding hydrogens is 222 g/mol. The third kappa shape index (κ3) is 2.72. The first-order valence-electron chi connectivity index (χ1n) is 5.84. The fraction of sp³-hybridized carbons (Fsp3) is 0.727. The Hall–Kier alpha value is -0.650. The van der Waals surface area contributed by atoms with Gasteiger partial charge in [-0.15, -0.1) is 11.3 Å². The Labute approximate surface area is 100 Å². The standard InChI is InChI=1S/C11H19N3OS/c1-2-15-9-3-5-14(6-4-9)11-13-8-10(7-12)16-11/h8-9H,2-7,12H2,1H3. The number of rotatable bonds is 4. The molecular formula is C11H19N3OS. The predicted octanol–water partition coefficient (Wildman–Crippen LogP) is 1.61. The first-order valence-corrected chi connectivity index (χ1v) is 6.66. The van der Waals surface area contributed by atoms with E-state index in [4.69, 9.17) is 10.5 Å². The van der Waals surface area contributed by atoms with Crippen LogP contribution in [-0.4, -0.2) is 30.8 Å². The van der Waals surface area contributed by atoms with Crippen molar-refractivity contribution < 1.29 is 4.74 Å². The average Bonchev–Trinajstić information content (AvgIpc) is 2.79. The van der Waals surface area contributed by atoms with Crippen LogP contribution in [0.5, 0.6) is 0 Å². The lowest BCUT2D eigenvalue weighted by molar-refractivity contribution is 0.0459. The van der Waals surface area contributed by atoms with E-state index in [2.05, 4.69) is 16.8 Å². The van der Waals surface area contributed by atoms with Gasteiger partial charge in [0.15, 0.2) is 5.13 Å². The van der Waals surface area contributed by atoms with E-state index < -0.39 is 0 Å². The summed E-state index contributed by atoms with van der Waals surface area (Å²) in [6, 6.07) is 0. The van der Waals surface area contributed by atoms with Crippen molar-refractivity contribution in [3.05, 3.63) is 11.1 Å². The van der Waals surface area contributed by atoms with Crippen LogP contribution in [0.15, 0.2) is 6.20 Å². The second kappa shape index (κ2) is 5.61. The van der Waals surface area contributed by atoms with E-state index in [9.17, 15) is 0 Å². The zero-order valence-corrected chi connectivity index (χ0v) is 10.5. The molecule has 4 nitrogen and oxygen atoms in total. The number of ether oxygens (including phenoxy) is 1. The molecule has 90 valence electrons. The topological polar surface area (TPSA) is 51.4 Å². The van der Waals surface area contributed by atoms with Gasteiger partial charge in [0.1, 0.15) is 0 Å². The Kier molecular flexibility index (Phi) is 4.15. The summed E-state index contributed by atoms with van der Waals surface area (Å²) in [5.41, 5.74) is 5.59. The molecule has 1 aromatic heterocycles. The molecule has 1 aromatic rings. The highest BCUT2D eigenvalue weighted by molar-refractivity contribution is 7.15. The maximum absolute atomic E-state index is 5.63. The van der Waals surface area contributed by atoms with Gasteiger partial charge in [-0.1, -0.05) is 0 Å². The second-order valence-electron chi connectivity index (χ2n) is 3.96. The van der Waals surface area contributed by atoms with E-state index in [1.807, 2.05) is 6.20 Å². The number of hydrogen-bond donors (Lipinski definition) is 1. The van der Waals surface area contributed by atoms with Gasteiger partial charge in [0, 0.05) is 37.3 Å². The van der Waals surface area contributed by atoms with Gasteiger partial charge in [0.25, 0.3) is 0 Å². The molecule has 0 bridgehead atoms. The van der Waals surface area contributed by atoms with Gasteiger partial charge in [-0.3, -0.25) is 0 Å². The summed E-state index contributed by atoms with van der Waals surface area (Å²) < 4.78 is 5.63. The van der Waals surface area contributed by atoms with Crippen LogP contribution in [0.25, 0.3) is 0 Å². The Morgan fingerprint density at radius 1 is 1.56 bits per heavy atom. The maximum Gasteiger partial charge on any atom is 0.185 e. The van der Waals surface area contributed by atoms with Gasteiger partial charge < -0.3 is 15.4 Å². The molecule has 2 N–H and O–H groups in total. The van der Waals surface area contributed by atoms with Gasteiger partial charge in [-0.25, -0.2) is 4.98 Å². The number of nitrogens with zero attached hydrogens (tertiary/aromatic N) is 2. The quantitative estimate of drug-likeness (QED) is 0.870. The highest BCUT2D eigenvalue weighted by Crippen LogP contribution is 2.25. The largest absolute Gasteiger partial charge is 0.378 e. The minimum absolute atomic E-state index is 0.440. The molecule has 2 rings (SSSR count). The first kappa shape index (κ1) is 11.8. The normalized spacial score (nSPS) is 18.0. The van der Waals surface area contributed by atoms with E-state index >= 15 is 0 Å². The fourth-order valence-electron chi connectivity index (χ4n) is 1.99. The molecule has 16 heavy (non-hydrogen) atoms. The Balaban J connectivity index is 1.88. The molecule has 1 aliphatic rings. The number of piperidine rings is 1. The predicted molar refractivity (Wildman–Crippen MR) is 66.9 cm³/mol. The summed E-state index contributed by atoms with van der Waals surface area (Å²) in [6.07, 6.45) is 4.53. The number of aromatic nitrogens is 1. The monoisotopic (exact) mass is 241 g/mol. The Bertz CT molecular complexity index is 321. The Morgan fingerprint density at radius 2 is 2.31 bits per heavy atom. The zero-order valence-electron chi connectivity index (χ0n) is 9.69. The van der Waals surface area contributed by atoms with Crippen LogP contribution in [0.2, 0.25) is 0 Å². The van der Waals surface area contributed by atoms with Crippen molar-refractivity contribution in [2.75, 3.05) is 24.6 Å². The van der Waals surface area contributed by atoms with Crippen molar-refractivity contribution in [2.24, 2.45) is 5.73 Å². The summed E-state index contributed by atoms with van der Waals surface area (Å²) in [4.78, 5) is 7.89. The molecule has 0 unspecified atom stereocenters. The highest BCUT2D eigenvalue weighted by atomic mass is 32.1. The molecule has 0 spiro atoms. The summed E-state index contributed by atoms with van der Waals surface area (Å²) in [5, 5.41) is 1.11. The summed E-state index contributed by atoms with van der Waals surface area (Å²) in [7, 11) is 0. The Morgan fingerprint density at radius 3 is 2.88 bits per heavy atom. The van der Waals surface area contributed by atoms with Crippen LogP contribution in [0, 0.1) is 0 Å². The summed E-state index contributed by atoms with van der Waals surface area (Å²) >= 11 is 1.70. The lowest BCUT2D eigenvalue weighted by atomic mass is 10.1. The van der Waals surface area contributed by atoms with E-state index in [1.54, 1.807) is 11.3 Å². The molecule has 1 fully saturated rings. The molecule has 1 saturated heterocycles. The summed E-state index contributed by atoms with van der Waals surface area (Å²) in [5.74, 6) is 0. The van der Waals surface area contributed by atoms with Crippen molar-refractivity contribution in [2.45, 2.75) is 32.4 Å². The minimum Gasteiger partial charge on any atom is -0.378 e. The van der Waals surface area contributed by atoms with Gasteiger partial charge in [-0.2, -0.15) is 0 Å². The first-order chi connectivity index (χ1) is 7.83. The van der Waals surface area contributed by atoms with E-state index in [0.717, 1.165) is 42.5 Å². The fourth-order valence-corrected chi connectivity index (χ4v) is 2.83. The summed E-state index contributed by atoms with van der Waals surface area (Å²) in [6.45, 7) is 5.55. The second-order valence-corrected chi connectivity index (χ2v) is 5.05. The van der Waals surface area contributed by atoms with Crippen LogP contribution in [0.4, 0.5) is 5.13 Å². The molecule has 0 aliphatic carbocycles. The lowest BCUT2D eigenvalue weighted by Gasteiger charge is -2.31.